The Morgan fingerprint density at radius 3 is 2.65 bits per heavy atom. The molecule has 0 fully saturated rings. The van der Waals surface area contributed by atoms with Gasteiger partial charge in [-0.3, -0.25) is 0 Å². The molecule has 1 heterocycles. The van der Waals surface area contributed by atoms with Gasteiger partial charge in [0.25, 0.3) is 0 Å². The largest absolute Gasteiger partial charge is 0.359 e. The van der Waals surface area contributed by atoms with E-state index in [1.165, 1.54) is 0 Å². The van der Waals surface area contributed by atoms with Gasteiger partial charge in [0.1, 0.15) is 5.82 Å². The minimum Gasteiger partial charge on any atom is -0.359 e. The summed E-state index contributed by atoms with van der Waals surface area (Å²) in [6.07, 6.45) is 1.80. The van der Waals surface area contributed by atoms with Gasteiger partial charge in [-0.15, -0.1) is 0 Å². The summed E-state index contributed by atoms with van der Waals surface area (Å²) in [4.78, 5) is 12.8. The zero-order valence-corrected chi connectivity index (χ0v) is 11.4. The molecule has 1 N–H and O–H groups in total. The molecule has 17 heavy (non-hydrogen) atoms. The molecule has 1 aromatic rings. The van der Waals surface area contributed by atoms with Crippen molar-refractivity contribution in [3.05, 3.63) is 12.3 Å². The molecule has 1 unspecified atom stereocenters. The fraction of sp³-hybridized carbons (Fsp3) is 0.667. The van der Waals surface area contributed by atoms with Gasteiger partial charge in [-0.05, 0) is 25.6 Å². The summed E-state index contributed by atoms with van der Waals surface area (Å²) >= 11 is 0. The predicted molar refractivity (Wildman–Crippen MR) is 72.7 cm³/mol. The fourth-order valence-electron chi connectivity index (χ4n) is 1.74. The van der Waals surface area contributed by atoms with E-state index in [9.17, 15) is 0 Å². The highest BCUT2D eigenvalue weighted by atomic mass is 15.3. The van der Waals surface area contributed by atoms with Crippen LogP contribution in [0.1, 0.15) is 6.92 Å². The topological polar surface area (TPSA) is 44.3 Å². The van der Waals surface area contributed by atoms with Crippen LogP contribution in [0.4, 0.5) is 11.8 Å². The summed E-state index contributed by atoms with van der Waals surface area (Å²) in [5, 5.41) is 3.19. The average molecular weight is 237 g/mol. The molecule has 96 valence electrons. The molecule has 1 aromatic heterocycles. The first kappa shape index (κ1) is 13.7. The number of aromatic nitrogens is 2. The first-order chi connectivity index (χ1) is 8.04. The van der Waals surface area contributed by atoms with Gasteiger partial charge >= 0.3 is 0 Å². The smallest absolute Gasteiger partial charge is 0.226 e. The van der Waals surface area contributed by atoms with E-state index in [1.54, 1.807) is 6.20 Å². The molecule has 5 nitrogen and oxygen atoms in total. The zero-order valence-electron chi connectivity index (χ0n) is 11.4. The second kappa shape index (κ2) is 6.39. The molecule has 0 radical (unpaired) electrons. The zero-order chi connectivity index (χ0) is 12.8. The van der Waals surface area contributed by atoms with Crippen LogP contribution in [-0.2, 0) is 0 Å². The normalized spacial score (nSPS) is 12.3. The molecule has 1 rings (SSSR count). The molecule has 5 heteroatoms. The van der Waals surface area contributed by atoms with Crippen LogP contribution in [0, 0.1) is 5.92 Å². The highest BCUT2D eigenvalue weighted by Crippen LogP contribution is 2.13. The Labute approximate surface area is 104 Å². The van der Waals surface area contributed by atoms with Crippen molar-refractivity contribution in [3.63, 3.8) is 0 Å². The van der Waals surface area contributed by atoms with Crippen LogP contribution in [-0.4, -0.2) is 51.2 Å². The maximum atomic E-state index is 4.51. The summed E-state index contributed by atoms with van der Waals surface area (Å²) in [6, 6.07) is 1.94. The van der Waals surface area contributed by atoms with Gasteiger partial charge in [0.15, 0.2) is 0 Å². The molecule has 0 amide bonds. The van der Waals surface area contributed by atoms with Crippen molar-refractivity contribution in [2.45, 2.75) is 6.92 Å². The average Bonchev–Trinajstić information content (AvgIpc) is 2.29. The second-order valence-electron chi connectivity index (χ2n) is 4.65. The maximum absolute atomic E-state index is 4.51. The minimum atomic E-state index is 0.586. The van der Waals surface area contributed by atoms with E-state index in [0.29, 0.717) is 5.92 Å². The van der Waals surface area contributed by atoms with Crippen LogP contribution in [0.15, 0.2) is 12.3 Å². The molecule has 0 saturated heterocycles. The van der Waals surface area contributed by atoms with Gasteiger partial charge in [-0.2, -0.15) is 4.98 Å². The third-order valence-corrected chi connectivity index (χ3v) is 2.56. The molecule has 0 aliphatic heterocycles. The van der Waals surface area contributed by atoms with Crippen molar-refractivity contribution in [1.29, 1.82) is 0 Å². The lowest BCUT2D eigenvalue weighted by Crippen LogP contribution is -2.30. The third kappa shape index (κ3) is 4.19. The van der Waals surface area contributed by atoms with Crippen LogP contribution >= 0.6 is 0 Å². The van der Waals surface area contributed by atoms with Gasteiger partial charge < -0.3 is 15.1 Å². The number of rotatable bonds is 6. The summed E-state index contributed by atoms with van der Waals surface area (Å²) in [7, 11) is 7.94. The molecule has 0 saturated carbocycles. The second-order valence-corrected chi connectivity index (χ2v) is 4.65. The Bertz CT molecular complexity index is 339. The monoisotopic (exact) mass is 237 g/mol. The lowest BCUT2D eigenvalue weighted by Gasteiger charge is -2.23. The van der Waals surface area contributed by atoms with Gasteiger partial charge in [0.05, 0.1) is 0 Å². The van der Waals surface area contributed by atoms with Crippen molar-refractivity contribution in [1.82, 2.24) is 15.3 Å². The highest BCUT2D eigenvalue weighted by Gasteiger charge is 2.09. The minimum absolute atomic E-state index is 0.586. The van der Waals surface area contributed by atoms with E-state index in [0.717, 1.165) is 24.9 Å². The van der Waals surface area contributed by atoms with E-state index in [1.807, 2.05) is 32.1 Å². The molecule has 1 atom stereocenters. The Morgan fingerprint density at radius 2 is 2.06 bits per heavy atom. The summed E-state index contributed by atoms with van der Waals surface area (Å²) < 4.78 is 0. The number of anilines is 2. The lowest BCUT2D eigenvalue weighted by molar-refractivity contribution is 0.540. The summed E-state index contributed by atoms with van der Waals surface area (Å²) in [5.41, 5.74) is 0. The third-order valence-electron chi connectivity index (χ3n) is 2.56. The van der Waals surface area contributed by atoms with E-state index in [2.05, 4.69) is 34.2 Å². The highest BCUT2D eigenvalue weighted by molar-refractivity contribution is 5.42. The van der Waals surface area contributed by atoms with Gasteiger partial charge in [-0.1, -0.05) is 6.92 Å². The molecular weight excluding hydrogens is 214 g/mol. The number of hydrogen-bond donors (Lipinski definition) is 1. The van der Waals surface area contributed by atoms with E-state index in [4.69, 9.17) is 0 Å². The van der Waals surface area contributed by atoms with Crippen LogP contribution in [0.25, 0.3) is 0 Å². The Balaban J connectivity index is 2.68. The Kier molecular flexibility index (Phi) is 5.15. The fourth-order valence-corrected chi connectivity index (χ4v) is 1.74. The van der Waals surface area contributed by atoms with Crippen molar-refractivity contribution in [3.8, 4) is 0 Å². The van der Waals surface area contributed by atoms with Crippen molar-refractivity contribution >= 4 is 11.8 Å². The number of nitrogens with one attached hydrogen (secondary N) is 1. The molecule has 0 aliphatic carbocycles. The van der Waals surface area contributed by atoms with E-state index in [-0.39, 0.29) is 0 Å². The summed E-state index contributed by atoms with van der Waals surface area (Å²) in [5.74, 6) is 2.30. The van der Waals surface area contributed by atoms with Gasteiger partial charge in [0.2, 0.25) is 5.95 Å². The molecule has 0 spiro atoms. The summed E-state index contributed by atoms with van der Waals surface area (Å²) in [6.45, 7) is 4.21. The van der Waals surface area contributed by atoms with Crippen LogP contribution in [0.5, 0.6) is 0 Å². The Hall–Kier alpha value is -1.36. The first-order valence-corrected chi connectivity index (χ1v) is 5.90. The van der Waals surface area contributed by atoms with Crippen LogP contribution < -0.4 is 15.1 Å². The molecule has 0 aliphatic rings. The standard InChI is InChI=1S/C12H23N5/c1-10(8-13-2)9-17(5)11-6-7-14-12(15-11)16(3)4/h6-7,10,13H,8-9H2,1-5H3. The lowest BCUT2D eigenvalue weighted by atomic mass is 10.1. The SMILES string of the molecule is CNCC(C)CN(C)c1ccnc(N(C)C)n1. The van der Waals surface area contributed by atoms with E-state index >= 15 is 0 Å². The maximum Gasteiger partial charge on any atom is 0.226 e. The van der Waals surface area contributed by atoms with Gasteiger partial charge in [0, 0.05) is 33.9 Å². The number of hydrogen-bond acceptors (Lipinski definition) is 5. The van der Waals surface area contributed by atoms with Crippen LogP contribution in [0.3, 0.4) is 0 Å². The first-order valence-electron chi connectivity index (χ1n) is 5.90. The van der Waals surface area contributed by atoms with Crippen LogP contribution in [0.2, 0.25) is 0 Å². The van der Waals surface area contributed by atoms with Crippen molar-refractivity contribution in [2.75, 3.05) is 51.1 Å². The quantitative estimate of drug-likeness (QED) is 0.794. The molecule has 0 aromatic carbocycles. The van der Waals surface area contributed by atoms with Crippen molar-refractivity contribution in [2.24, 2.45) is 5.92 Å². The molecular formula is C12H23N5. The Morgan fingerprint density at radius 1 is 1.35 bits per heavy atom. The predicted octanol–water partition coefficient (Wildman–Crippen LogP) is 0.834. The van der Waals surface area contributed by atoms with Crippen molar-refractivity contribution < 1.29 is 0 Å². The molecule has 0 bridgehead atoms. The van der Waals surface area contributed by atoms with Gasteiger partial charge in [-0.25, -0.2) is 4.98 Å². The number of nitrogens with zero attached hydrogens (tertiary/aromatic N) is 4. The van der Waals surface area contributed by atoms with E-state index < -0.39 is 0 Å².